The standard InChI is InChI=1S/C9H17NO3S/c1-8-6-10(4-5-13-8)14(11,12)7-9-2-3-9/h8-9H,2-7H2,1H3/t8-/m1/s1. The first-order chi connectivity index (χ1) is 6.58. The lowest BCUT2D eigenvalue weighted by Crippen LogP contribution is -2.45. The molecule has 0 radical (unpaired) electrons. The van der Waals surface area contributed by atoms with E-state index in [0.717, 1.165) is 12.8 Å². The molecule has 2 fully saturated rings. The average molecular weight is 219 g/mol. The molecule has 0 aromatic rings. The topological polar surface area (TPSA) is 46.6 Å². The Balaban J connectivity index is 1.97. The first kappa shape index (κ1) is 10.4. The van der Waals surface area contributed by atoms with Gasteiger partial charge in [0, 0.05) is 13.1 Å². The third kappa shape index (κ3) is 2.46. The van der Waals surface area contributed by atoms with Crippen molar-refractivity contribution in [3.05, 3.63) is 0 Å². The van der Waals surface area contributed by atoms with Gasteiger partial charge in [0.15, 0.2) is 0 Å². The van der Waals surface area contributed by atoms with Gasteiger partial charge in [0.1, 0.15) is 0 Å². The lowest BCUT2D eigenvalue weighted by atomic mass is 10.3. The number of nitrogens with zero attached hydrogens (tertiary/aromatic N) is 1. The Hall–Kier alpha value is -0.130. The minimum absolute atomic E-state index is 0.0396. The molecule has 1 atom stereocenters. The van der Waals surface area contributed by atoms with Crippen molar-refractivity contribution in [2.45, 2.75) is 25.9 Å². The van der Waals surface area contributed by atoms with E-state index < -0.39 is 10.0 Å². The van der Waals surface area contributed by atoms with Crippen molar-refractivity contribution in [1.29, 1.82) is 0 Å². The number of morpholine rings is 1. The van der Waals surface area contributed by atoms with E-state index in [9.17, 15) is 8.42 Å². The maximum atomic E-state index is 11.9. The van der Waals surface area contributed by atoms with E-state index in [-0.39, 0.29) is 6.10 Å². The van der Waals surface area contributed by atoms with Gasteiger partial charge in [-0.2, -0.15) is 4.31 Å². The van der Waals surface area contributed by atoms with Crippen LogP contribution in [0.15, 0.2) is 0 Å². The zero-order valence-electron chi connectivity index (χ0n) is 8.48. The highest BCUT2D eigenvalue weighted by Gasteiger charge is 2.33. The van der Waals surface area contributed by atoms with Crippen LogP contribution in [0.4, 0.5) is 0 Å². The summed E-state index contributed by atoms with van der Waals surface area (Å²) in [4.78, 5) is 0. The summed E-state index contributed by atoms with van der Waals surface area (Å²) in [6.45, 7) is 3.50. The quantitative estimate of drug-likeness (QED) is 0.692. The SMILES string of the molecule is C[C@@H]1CN(S(=O)(=O)CC2CC2)CCO1. The van der Waals surface area contributed by atoms with Crippen molar-refractivity contribution >= 4 is 10.0 Å². The molecule has 1 aliphatic carbocycles. The highest BCUT2D eigenvalue weighted by molar-refractivity contribution is 7.89. The molecule has 0 unspecified atom stereocenters. The molecule has 0 aromatic heterocycles. The molecule has 2 aliphatic rings. The normalized spacial score (nSPS) is 30.5. The van der Waals surface area contributed by atoms with Crippen LogP contribution in [0.5, 0.6) is 0 Å². The van der Waals surface area contributed by atoms with Crippen LogP contribution in [0.2, 0.25) is 0 Å². The van der Waals surface area contributed by atoms with E-state index in [4.69, 9.17) is 4.74 Å². The molecule has 4 nitrogen and oxygen atoms in total. The van der Waals surface area contributed by atoms with Crippen LogP contribution in [-0.4, -0.2) is 44.3 Å². The van der Waals surface area contributed by atoms with Gasteiger partial charge in [-0.05, 0) is 25.7 Å². The third-order valence-corrected chi connectivity index (χ3v) is 4.75. The van der Waals surface area contributed by atoms with Gasteiger partial charge in [-0.25, -0.2) is 8.42 Å². The van der Waals surface area contributed by atoms with Crippen LogP contribution in [-0.2, 0) is 14.8 Å². The maximum Gasteiger partial charge on any atom is 0.214 e. The van der Waals surface area contributed by atoms with Crippen LogP contribution in [0, 0.1) is 5.92 Å². The second kappa shape index (κ2) is 3.79. The molecule has 82 valence electrons. The number of hydrogen-bond acceptors (Lipinski definition) is 3. The van der Waals surface area contributed by atoms with Crippen LogP contribution in [0.3, 0.4) is 0 Å². The minimum Gasteiger partial charge on any atom is -0.376 e. The number of sulfonamides is 1. The van der Waals surface area contributed by atoms with Crippen molar-refractivity contribution in [3.63, 3.8) is 0 Å². The molecule has 2 rings (SSSR count). The summed E-state index contributed by atoms with van der Waals surface area (Å²) in [7, 11) is -3.00. The van der Waals surface area contributed by atoms with Crippen molar-refractivity contribution in [2.75, 3.05) is 25.4 Å². The van der Waals surface area contributed by atoms with Gasteiger partial charge in [-0.3, -0.25) is 0 Å². The van der Waals surface area contributed by atoms with Crippen molar-refractivity contribution in [3.8, 4) is 0 Å². The lowest BCUT2D eigenvalue weighted by molar-refractivity contribution is 0.0101. The summed E-state index contributed by atoms with van der Waals surface area (Å²) in [5, 5.41) is 0. The largest absolute Gasteiger partial charge is 0.376 e. The van der Waals surface area contributed by atoms with E-state index in [2.05, 4.69) is 0 Å². The van der Waals surface area contributed by atoms with E-state index >= 15 is 0 Å². The molecule has 0 bridgehead atoms. The fourth-order valence-electron chi connectivity index (χ4n) is 1.73. The summed E-state index contributed by atoms with van der Waals surface area (Å²) >= 11 is 0. The van der Waals surface area contributed by atoms with Gasteiger partial charge >= 0.3 is 0 Å². The van der Waals surface area contributed by atoms with E-state index in [0.29, 0.717) is 31.4 Å². The van der Waals surface area contributed by atoms with E-state index in [1.165, 1.54) is 0 Å². The predicted octanol–water partition coefficient (Wildman–Crippen LogP) is 0.447. The highest BCUT2D eigenvalue weighted by atomic mass is 32.2. The lowest BCUT2D eigenvalue weighted by Gasteiger charge is -2.30. The Morgan fingerprint density at radius 1 is 1.43 bits per heavy atom. The second-order valence-electron chi connectivity index (χ2n) is 4.26. The zero-order chi connectivity index (χ0) is 10.2. The Morgan fingerprint density at radius 3 is 2.71 bits per heavy atom. The molecule has 1 aliphatic heterocycles. The highest BCUT2D eigenvalue weighted by Crippen LogP contribution is 2.31. The third-order valence-electron chi connectivity index (χ3n) is 2.74. The maximum absolute atomic E-state index is 11.9. The molecule has 1 heterocycles. The molecule has 1 saturated heterocycles. The molecule has 0 amide bonds. The summed E-state index contributed by atoms with van der Waals surface area (Å²) in [5.41, 5.74) is 0. The fourth-order valence-corrected chi connectivity index (χ4v) is 3.66. The summed E-state index contributed by atoms with van der Waals surface area (Å²) in [6.07, 6.45) is 2.20. The predicted molar refractivity (Wildman–Crippen MR) is 53.5 cm³/mol. The molecular weight excluding hydrogens is 202 g/mol. The first-order valence-corrected chi connectivity index (χ1v) is 6.78. The summed E-state index contributed by atoms with van der Waals surface area (Å²) in [6, 6.07) is 0. The number of hydrogen-bond donors (Lipinski definition) is 0. The van der Waals surface area contributed by atoms with Crippen molar-refractivity contribution in [2.24, 2.45) is 5.92 Å². The van der Waals surface area contributed by atoms with Crippen molar-refractivity contribution < 1.29 is 13.2 Å². The Bertz CT molecular complexity index is 297. The summed E-state index contributed by atoms with van der Waals surface area (Å²) in [5.74, 6) is 0.776. The minimum atomic E-state index is -3.00. The van der Waals surface area contributed by atoms with Gasteiger partial charge in [0.2, 0.25) is 10.0 Å². The number of ether oxygens (including phenoxy) is 1. The van der Waals surface area contributed by atoms with Crippen molar-refractivity contribution in [1.82, 2.24) is 4.31 Å². The average Bonchev–Trinajstić information content (AvgIpc) is 2.87. The van der Waals surface area contributed by atoms with E-state index in [1.807, 2.05) is 6.92 Å². The van der Waals surface area contributed by atoms with Crippen LogP contribution >= 0.6 is 0 Å². The van der Waals surface area contributed by atoms with Gasteiger partial charge < -0.3 is 4.74 Å². The van der Waals surface area contributed by atoms with Crippen LogP contribution < -0.4 is 0 Å². The van der Waals surface area contributed by atoms with Gasteiger partial charge in [-0.15, -0.1) is 0 Å². The zero-order valence-corrected chi connectivity index (χ0v) is 9.29. The van der Waals surface area contributed by atoms with E-state index in [1.54, 1.807) is 4.31 Å². The Kier molecular flexibility index (Phi) is 2.81. The first-order valence-electron chi connectivity index (χ1n) is 5.17. The molecule has 1 saturated carbocycles. The molecular formula is C9H17NO3S. The smallest absolute Gasteiger partial charge is 0.214 e. The molecule has 0 aromatic carbocycles. The second-order valence-corrected chi connectivity index (χ2v) is 6.27. The Morgan fingerprint density at radius 2 is 2.14 bits per heavy atom. The van der Waals surface area contributed by atoms with Gasteiger partial charge in [0.05, 0.1) is 18.5 Å². The molecule has 0 N–H and O–H groups in total. The van der Waals surface area contributed by atoms with Gasteiger partial charge in [0.25, 0.3) is 0 Å². The Labute approximate surface area is 85.3 Å². The molecule has 14 heavy (non-hydrogen) atoms. The molecule has 0 spiro atoms. The molecule has 5 heteroatoms. The monoisotopic (exact) mass is 219 g/mol. The van der Waals surface area contributed by atoms with Crippen LogP contribution in [0.1, 0.15) is 19.8 Å². The fraction of sp³-hybridized carbons (Fsp3) is 1.00. The van der Waals surface area contributed by atoms with Crippen LogP contribution in [0.25, 0.3) is 0 Å². The van der Waals surface area contributed by atoms with Gasteiger partial charge in [-0.1, -0.05) is 0 Å². The summed E-state index contributed by atoms with van der Waals surface area (Å²) < 4.78 is 30.6. The number of rotatable bonds is 3.